The SMILES string of the molecule is CCC1CCCC(Oc2ccc(CC(C)N)cc2)C1. The van der Waals surface area contributed by atoms with E-state index in [1.165, 1.54) is 37.7 Å². The molecule has 0 aliphatic heterocycles. The molecule has 1 fully saturated rings. The van der Waals surface area contributed by atoms with Gasteiger partial charge in [0.2, 0.25) is 0 Å². The van der Waals surface area contributed by atoms with Gasteiger partial charge in [0.05, 0.1) is 6.10 Å². The summed E-state index contributed by atoms with van der Waals surface area (Å²) >= 11 is 0. The summed E-state index contributed by atoms with van der Waals surface area (Å²) in [7, 11) is 0. The van der Waals surface area contributed by atoms with Crippen LogP contribution in [0, 0.1) is 5.92 Å². The monoisotopic (exact) mass is 261 g/mol. The van der Waals surface area contributed by atoms with Gasteiger partial charge in [-0.05, 0) is 56.2 Å². The van der Waals surface area contributed by atoms with E-state index in [9.17, 15) is 0 Å². The highest BCUT2D eigenvalue weighted by atomic mass is 16.5. The van der Waals surface area contributed by atoms with E-state index >= 15 is 0 Å². The largest absolute Gasteiger partial charge is 0.490 e. The first-order valence-corrected chi connectivity index (χ1v) is 7.68. The van der Waals surface area contributed by atoms with E-state index in [4.69, 9.17) is 10.5 Å². The van der Waals surface area contributed by atoms with Gasteiger partial charge in [0, 0.05) is 6.04 Å². The molecule has 3 atom stereocenters. The second kappa shape index (κ2) is 6.95. The first kappa shape index (κ1) is 14.4. The molecule has 0 amide bonds. The molecular weight excluding hydrogens is 234 g/mol. The minimum absolute atomic E-state index is 0.218. The molecule has 1 saturated carbocycles. The molecule has 0 bridgehead atoms. The fraction of sp³-hybridized carbons (Fsp3) is 0.647. The molecule has 0 aromatic heterocycles. The highest BCUT2D eigenvalue weighted by Crippen LogP contribution is 2.29. The van der Waals surface area contributed by atoms with Crippen molar-refractivity contribution in [3.8, 4) is 5.75 Å². The molecule has 2 rings (SSSR count). The minimum atomic E-state index is 0.218. The van der Waals surface area contributed by atoms with Crippen LogP contribution in [0.5, 0.6) is 5.75 Å². The summed E-state index contributed by atoms with van der Waals surface area (Å²) in [5, 5.41) is 0. The highest BCUT2D eigenvalue weighted by molar-refractivity contribution is 5.28. The van der Waals surface area contributed by atoms with Crippen molar-refractivity contribution >= 4 is 0 Å². The van der Waals surface area contributed by atoms with Gasteiger partial charge in [-0.2, -0.15) is 0 Å². The van der Waals surface area contributed by atoms with Gasteiger partial charge in [0.1, 0.15) is 5.75 Å². The Morgan fingerprint density at radius 3 is 2.63 bits per heavy atom. The van der Waals surface area contributed by atoms with Crippen LogP contribution in [-0.4, -0.2) is 12.1 Å². The lowest BCUT2D eigenvalue weighted by Gasteiger charge is -2.29. The van der Waals surface area contributed by atoms with Crippen LogP contribution in [0.15, 0.2) is 24.3 Å². The lowest BCUT2D eigenvalue weighted by Crippen LogP contribution is -2.25. The van der Waals surface area contributed by atoms with Gasteiger partial charge >= 0.3 is 0 Å². The van der Waals surface area contributed by atoms with E-state index in [-0.39, 0.29) is 6.04 Å². The van der Waals surface area contributed by atoms with Crippen LogP contribution in [0.3, 0.4) is 0 Å². The van der Waals surface area contributed by atoms with Gasteiger partial charge in [-0.3, -0.25) is 0 Å². The zero-order chi connectivity index (χ0) is 13.7. The molecule has 1 aliphatic rings. The van der Waals surface area contributed by atoms with Crippen molar-refractivity contribution in [1.29, 1.82) is 0 Å². The molecule has 2 heteroatoms. The Morgan fingerprint density at radius 1 is 1.26 bits per heavy atom. The fourth-order valence-corrected chi connectivity index (χ4v) is 2.99. The highest BCUT2D eigenvalue weighted by Gasteiger charge is 2.21. The van der Waals surface area contributed by atoms with E-state index < -0.39 is 0 Å². The maximum absolute atomic E-state index is 6.12. The topological polar surface area (TPSA) is 35.2 Å². The van der Waals surface area contributed by atoms with Crippen LogP contribution in [0.4, 0.5) is 0 Å². The third-order valence-corrected chi connectivity index (χ3v) is 4.10. The van der Waals surface area contributed by atoms with Crippen LogP contribution in [0.1, 0.15) is 51.5 Å². The van der Waals surface area contributed by atoms with E-state index in [0.29, 0.717) is 6.10 Å². The van der Waals surface area contributed by atoms with Crippen LogP contribution in [0.25, 0.3) is 0 Å². The molecule has 3 unspecified atom stereocenters. The normalized spacial score (nSPS) is 25.0. The maximum Gasteiger partial charge on any atom is 0.119 e. The smallest absolute Gasteiger partial charge is 0.119 e. The Labute approximate surface area is 117 Å². The number of rotatable bonds is 5. The van der Waals surface area contributed by atoms with Crippen molar-refractivity contribution in [2.24, 2.45) is 11.7 Å². The average molecular weight is 261 g/mol. The predicted octanol–water partition coefficient (Wildman–Crippen LogP) is 3.92. The second-order valence-corrected chi connectivity index (χ2v) is 6.01. The number of ether oxygens (including phenoxy) is 1. The third-order valence-electron chi connectivity index (χ3n) is 4.10. The van der Waals surface area contributed by atoms with Gasteiger partial charge in [-0.15, -0.1) is 0 Å². The Morgan fingerprint density at radius 2 is 2.00 bits per heavy atom. The van der Waals surface area contributed by atoms with Crippen LogP contribution >= 0.6 is 0 Å². The Kier molecular flexibility index (Phi) is 5.26. The molecule has 19 heavy (non-hydrogen) atoms. The lowest BCUT2D eigenvalue weighted by molar-refractivity contribution is 0.122. The summed E-state index contributed by atoms with van der Waals surface area (Å²) in [6, 6.07) is 8.67. The van der Waals surface area contributed by atoms with Gasteiger partial charge in [0.25, 0.3) is 0 Å². The summed E-state index contributed by atoms with van der Waals surface area (Å²) in [5.74, 6) is 1.87. The molecular formula is C17H27NO. The number of hydrogen-bond donors (Lipinski definition) is 1. The van der Waals surface area contributed by atoms with Gasteiger partial charge in [-0.25, -0.2) is 0 Å². The first-order chi connectivity index (χ1) is 9.17. The van der Waals surface area contributed by atoms with E-state index in [0.717, 1.165) is 18.1 Å². The molecule has 1 aliphatic carbocycles. The van der Waals surface area contributed by atoms with Crippen molar-refractivity contribution in [3.05, 3.63) is 29.8 Å². The maximum atomic E-state index is 6.12. The Balaban J connectivity index is 1.88. The lowest BCUT2D eigenvalue weighted by atomic mass is 9.85. The molecule has 2 N–H and O–H groups in total. The molecule has 0 radical (unpaired) electrons. The van der Waals surface area contributed by atoms with Gasteiger partial charge in [-0.1, -0.05) is 31.9 Å². The van der Waals surface area contributed by atoms with E-state index in [1.54, 1.807) is 0 Å². The standard InChI is InChI=1S/C17H27NO/c1-3-14-5-4-6-17(12-14)19-16-9-7-15(8-10-16)11-13(2)18/h7-10,13-14,17H,3-6,11-12,18H2,1-2H3. The fourth-order valence-electron chi connectivity index (χ4n) is 2.99. The van der Waals surface area contributed by atoms with Crippen LogP contribution < -0.4 is 10.5 Å². The average Bonchev–Trinajstić information content (AvgIpc) is 2.41. The second-order valence-electron chi connectivity index (χ2n) is 6.01. The van der Waals surface area contributed by atoms with E-state index in [1.807, 2.05) is 6.92 Å². The third kappa shape index (κ3) is 4.54. The number of hydrogen-bond acceptors (Lipinski definition) is 2. The minimum Gasteiger partial charge on any atom is -0.490 e. The summed E-state index contributed by atoms with van der Waals surface area (Å²) in [6.07, 6.45) is 7.75. The predicted molar refractivity (Wildman–Crippen MR) is 80.5 cm³/mol. The quantitative estimate of drug-likeness (QED) is 0.871. The van der Waals surface area contributed by atoms with Crippen molar-refractivity contribution < 1.29 is 4.74 Å². The van der Waals surface area contributed by atoms with Crippen molar-refractivity contribution in [3.63, 3.8) is 0 Å². The molecule has 0 spiro atoms. The zero-order valence-corrected chi connectivity index (χ0v) is 12.3. The first-order valence-electron chi connectivity index (χ1n) is 7.68. The Bertz CT molecular complexity index is 371. The molecule has 2 nitrogen and oxygen atoms in total. The van der Waals surface area contributed by atoms with Crippen molar-refractivity contribution in [2.75, 3.05) is 0 Å². The van der Waals surface area contributed by atoms with Crippen molar-refractivity contribution in [2.45, 2.75) is 64.5 Å². The van der Waals surface area contributed by atoms with Crippen LogP contribution in [0.2, 0.25) is 0 Å². The summed E-state index contributed by atoms with van der Waals surface area (Å²) < 4.78 is 6.12. The number of benzene rings is 1. The van der Waals surface area contributed by atoms with Crippen molar-refractivity contribution in [1.82, 2.24) is 0 Å². The zero-order valence-electron chi connectivity index (χ0n) is 12.3. The van der Waals surface area contributed by atoms with Gasteiger partial charge in [0.15, 0.2) is 0 Å². The molecule has 0 saturated heterocycles. The number of nitrogens with two attached hydrogens (primary N) is 1. The van der Waals surface area contributed by atoms with E-state index in [2.05, 4.69) is 31.2 Å². The molecule has 1 aromatic rings. The summed E-state index contributed by atoms with van der Waals surface area (Å²) in [4.78, 5) is 0. The molecule has 1 aromatic carbocycles. The van der Waals surface area contributed by atoms with Crippen LogP contribution in [-0.2, 0) is 6.42 Å². The Hall–Kier alpha value is -1.02. The molecule has 106 valence electrons. The summed E-state index contributed by atoms with van der Waals surface area (Å²) in [5.41, 5.74) is 7.10. The van der Waals surface area contributed by atoms with Gasteiger partial charge < -0.3 is 10.5 Å². The molecule has 0 heterocycles. The summed E-state index contributed by atoms with van der Waals surface area (Å²) in [6.45, 7) is 4.33.